The van der Waals surface area contributed by atoms with Gasteiger partial charge in [0.1, 0.15) is 12.4 Å². The normalized spacial score (nSPS) is 14.1. The summed E-state index contributed by atoms with van der Waals surface area (Å²) in [5, 5.41) is 14.2. The number of hydrogen-bond acceptors (Lipinski definition) is 4. The van der Waals surface area contributed by atoms with Crippen molar-refractivity contribution >= 4 is 17.5 Å². The van der Waals surface area contributed by atoms with E-state index in [1.165, 1.54) is 29.2 Å². The van der Waals surface area contributed by atoms with Gasteiger partial charge in [-0.05, 0) is 44.0 Å². The number of benzene rings is 1. The molecule has 2 heterocycles. The van der Waals surface area contributed by atoms with Gasteiger partial charge in [0.2, 0.25) is 5.91 Å². The summed E-state index contributed by atoms with van der Waals surface area (Å²) in [5.74, 6) is -0.759. The second-order valence-corrected chi connectivity index (χ2v) is 7.46. The molecule has 3 aromatic rings. The number of anilines is 1. The molecule has 1 saturated carbocycles. The highest BCUT2D eigenvalue weighted by molar-refractivity contribution is 6.04. The van der Waals surface area contributed by atoms with E-state index in [0.717, 1.165) is 25.7 Å². The molecule has 156 valence electrons. The third kappa shape index (κ3) is 4.40. The predicted octanol–water partition coefficient (Wildman–Crippen LogP) is 2.83. The number of rotatable bonds is 6. The van der Waals surface area contributed by atoms with Gasteiger partial charge in [-0.2, -0.15) is 10.2 Å². The number of amides is 2. The number of nitrogens with one attached hydrogen (secondary N) is 2. The fourth-order valence-electron chi connectivity index (χ4n) is 3.68. The molecule has 0 aliphatic heterocycles. The number of hydrogen-bond donors (Lipinski definition) is 2. The van der Waals surface area contributed by atoms with Crippen LogP contribution in [0.4, 0.5) is 10.1 Å². The van der Waals surface area contributed by atoms with E-state index in [4.69, 9.17) is 0 Å². The van der Waals surface area contributed by atoms with Crippen LogP contribution in [0.1, 0.15) is 41.7 Å². The zero-order chi connectivity index (χ0) is 21.1. The second-order valence-electron chi connectivity index (χ2n) is 7.46. The van der Waals surface area contributed by atoms with Gasteiger partial charge in [-0.3, -0.25) is 14.3 Å². The van der Waals surface area contributed by atoms with Gasteiger partial charge in [0.15, 0.2) is 0 Å². The fraction of sp³-hybridized carbons (Fsp3) is 0.333. The summed E-state index contributed by atoms with van der Waals surface area (Å²) in [5.41, 5.74) is 2.17. The lowest BCUT2D eigenvalue weighted by atomic mass is 10.2. The van der Waals surface area contributed by atoms with Gasteiger partial charge >= 0.3 is 0 Å². The van der Waals surface area contributed by atoms with Gasteiger partial charge in [-0.15, -0.1) is 0 Å². The number of aromatic nitrogens is 4. The van der Waals surface area contributed by atoms with E-state index >= 15 is 0 Å². The molecule has 0 unspecified atom stereocenters. The van der Waals surface area contributed by atoms with Crippen molar-refractivity contribution in [3.63, 3.8) is 0 Å². The van der Waals surface area contributed by atoms with Crippen LogP contribution in [0.2, 0.25) is 0 Å². The number of nitrogens with zero attached hydrogens (tertiary/aromatic N) is 4. The molecule has 0 bridgehead atoms. The van der Waals surface area contributed by atoms with E-state index in [0.29, 0.717) is 22.6 Å². The Balaban J connectivity index is 1.38. The molecular formula is C21H23FN6O2. The lowest BCUT2D eigenvalue weighted by Gasteiger charge is -2.11. The lowest BCUT2D eigenvalue weighted by Crippen LogP contribution is -2.35. The Labute approximate surface area is 173 Å². The topological polar surface area (TPSA) is 93.8 Å². The summed E-state index contributed by atoms with van der Waals surface area (Å²) < 4.78 is 16.2. The molecule has 1 fully saturated rings. The third-order valence-corrected chi connectivity index (χ3v) is 5.24. The smallest absolute Gasteiger partial charge is 0.259 e. The molecule has 1 aromatic carbocycles. The van der Waals surface area contributed by atoms with E-state index in [9.17, 15) is 14.0 Å². The summed E-state index contributed by atoms with van der Waals surface area (Å²) in [6, 6.07) is 6.13. The van der Waals surface area contributed by atoms with Gasteiger partial charge in [-0.1, -0.05) is 12.8 Å². The zero-order valence-corrected chi connectivity index (χ0v) is 16.6. The van der Waals surface area contributed by atoms with Crippen molar-refractivity contribution in [3.05, 3.63) is 59.9 Å². The maximum atomic E-state index is 13.1. The van der Waals surface area contributed by atoms with Gasteiger partial charge in [0.25, 0.3) is 5.91 Å². The van der Waals surface area contributed by atoms with Crippen LogP contribution in [0.25, 0.3) is 5.69 Å². The van der Waals surface area contributed by atoms with E-state index in [1.807, 2.05) is 0 Å². The van der Waals surface area contributed by atoms with Crippen LogP contribution < -0.4 is 10.6 Å². The Morgan fingerprint density at radius 3 is 2.60 bits per heavy atom. The van der Waals surface area contributed by atoms with Crippen molar-refractivity contribution in [2.75, 3.05) is 5.32 Å². The minimum absolute atomic E-state index is 0.0840. The SMILES string of the molecule is Cc1c(C(=O)Nc2cnn(CC(=O)NC3CCCC3)c2)cnn1-c1ccc(F)cc1. The minimum atomic E-state index is -0.338. The largest absolute Gasteiger partial charge is 0.352 e. The molecule has 2 aromatic heterocycles. The van der Waals surface area contributed by atoms with Crippen molar-refractivity contribution in [1.29, 1.82) is 0 Å². The summed E-state index contributed by atoms with van der Waals surface area (Å²) in [7, 11) is 0. The van der Waals surface area contributed by atoms with E-state index in [-0.39, 0.29) is 30.2 Å². The molecule has 8 nitrogen and oxygen atoms in total. The predicted molar refractivity (Wildman–Crippen MR) is 109 cm³/mol. The number of halogens is 1. The van der Waals surface area contributed by atoms with Crippen molar-refractivity contribution < 1.29 is 14.0 Å². The van der Waals surface area contributed by atoms with Gasteiger partial charge in [-0.25, -0.2) is 9.07 Å². The van der Waals surface area contributed by atoms with Crippen molar-refractivity contribution in [3.8, 4) is 5.69 Å². The molecule has 30 heavy (non-hydrogen) atoms. The van der Waals surface area contributed by atoms with Crippen LogP contribution in [0.3, 0.4) is 0 Å². The Hall–Kier alpha value is -3.49. The van der Waals surface area contributed by atoms with Crippen LogP contribution in [0.5, 0.6) is 0 Å². The Bertz CT molecular complexity index is 1050. The maximum absolute atomic E-state index is 13.1. The second kappa shape index (κ2) is 8.48. The van der Waals surface area contributed by atoms with Crippen LogP contribution in [0.15, 0.2) is 42.9 Å². The molecular weight excluding hydrogens is 387 g/mol. The highest BCUT2D eigenvalue weighted by Gasteiger charge is 2.18. The first-order chi connectivity index (χ1) is 14.5. The molecule has 2 N–H and O–H groups in total. The van der Waals surface area contributed by atoms with Gasteiger partial charge in [0, 0.05) is 12.2 Å². The average Bonchev–Trinajstić information content (AvgIpc) is 3.45. The molecule has 0 spiro atoms. The van der Waals surface area contributed by atoms with Crippen LogP contribution in [0, 0.1) is 12.7 Å². The van der Waals surface area contributed by atoms with E-state index in [2.05, 4.69) is 20.8 Å². The quantitative estimate of drug-likeness (QED) is 0.653. The van der Waals surface area contributed by atoms with E-state index < -0.39 is 0 Å². The van der Waals surface area contributed by atoms with Crippen molar-refractivity contribution in [1.82, 2.24) is 24.9 Å². The highest BCUT2D eigenvalue weighted by atomic mass is 19.1. The lowest BCUT2D eigenvalue weighted by molar-refractivity contribution is -0.122. The summed E-state index contributed by atoms with van der Waals surface area (Å²) in [6.07, 6.45) is 8.94. The van der Waals surface area contributed by atoms with E-state index in [1.54, 1.807) is 29.9 Å². The third-order valence-electron chi connectivity index (χ3n) is 5.24. The van der Waals surface area contributed by atoms with Crippen molar-refractivity contribution in [2.24, 2.45) is 0 Å². The minimum Gasteiger partial charge on any atom is -0.352 e. The van der Waals surface area contributed by atoms with Gasteiger partial charge < -0.3 is 10.6 Å². The molecule has 0 radical (unpaired) electrons. The molecule has 1 aliphatic rings. The van der Waals surface area contributed by atoms with Gasteiger partial charge in [0.05, 0.1) is 35.0 Å². The molecule has 0 saturated heterocycles. The standard InChI is InChI=1S/C21H23FN6O2/c1-14-19(11-24-28(14)18-8-6-15(22)7-9-18)21(30)26-17-10-23-27(12-17)13-20(29)25-16-4-2-3-5-16/h6-12,16H,2-5,13H2,1H3,(H,25,29)(H,26,30). The van der Waals surface area contributed by atoms with Crippen LogP contribution in [-0.4, -0.2) is 37.4 Å². The summed E-state index contributed by atoms with van der Waals surface area (Å²) >= 11 is 0. The molecule has 4 rings (SSSR count). The zero-order valence-electron chi connectivity index (χ0n) is 16.6. The first-order valence-electron chi connectivity index (χ1n) is 9.93. The number of carbonyl (C=O) groups excluding carboxylic acids is 2. The van der Waals surface area contributed by atoms with Crippen LogP contribution >= 0.6 is 0 Å². The monoisotopic (exact) mass is 410 g/mol. The Morgan fingerprint density at radius 2 is 1.87 bits per heavy atom. The first kappa shape index (κ1) is 19.8. The van der Waals surface area contributed by atoms with Crippen LogP contribution in [-0.2, 0) is 11.3 Å². The maximum Gasteiger partial charge on any atom is 0.259 e. The molecule has 0 atom stereocenters. The fourth-order valence-corrected chi connectivity index (χ4v) is 3.68. The Morgan fingerprint density at radius 1 is 1.13 bits per heavy atom. The molecule has 2 amide bonds. The summed E-state index contributed by atoms with van der Waals surface area (Å²) in [6.45, 7) is 1.87. The first-order valence-corrected chi connectivity index (χ1v) is 9.93. The van der Waals surface area contributed by atoms with Crippen molar-refractivity contribution in [2.45, 2.75) is 45.2 Å². The molecule has 9 heteroatoms. The molecule has 1 aliphatic carbocycles. The summed E-state index contributed by atoms with van der Waals surface area (Å²) in [4.78, 5) is 24.8. The Kier molecular flexibility index (Phi) is 5.60. The number of carbonyl (C=O) groups is 2. The highest BCUT2D eigenvalue weighted by Crippen LogP contribution is 2.18. The average molecular weight is 410 g/mol.